The maximum Gasteiger partial charge on any atom is 0.236 e. The van der Waals surface area contributed by atoms with E-state index >= 15 is 0 Å². The first kappa shape index (κ1) is 13.7. The zero-order valence-corrected chi connectivity index (χ0v) is 10.3. The van der Waals surface area contributed by atoms with Gasteiger partial charge in [0.2, 0.25) is 9.05 Å². The van der Waals surface area contributed by atoms with Crippen LogP contribution in [0.2, 0.25) is 0 Å². The van der Waals surface area contributed by atoms with Crippen LogP contribution in [0.25, 0.3) is 0 Å². The molecule has 0 bridgehead atoms. The topological polar surface area (TPSA) is 34.1 Å². The van der Waals surface area contributed by atoms with Crippen molar-refractivity contribution >= 4 is 31.5 Å². The van der Waals surface area contributed by atoms with Gasteiger partial charge in [-0.2, -0.15) is 0 Å². The lowest BCUT2D eigenvalue weighted by Gasteiger charge is -2.06. The summed E-state index contributed by atoms with van der Waals surface area (Å²) >= 11 is 0.690. The van der Waals surface area contributed by atoms with Crippen LogP contribution in [-0.2, 0) is 14.8 Å². The third-order valence-corrected chi connectivity index (χ3v) is 3.49. The molecule has 0 aliphatic carbocycles. The average molecular weight is 291 g/mol. The van der Waals surface area contributed by atoms with E-state index < -0.39 is 42.7 Å². The van der Waals surface area contributed by atoms with Gasteiger partial charge in [-0.3, -0.25) is 0 Å². The van der Waals surface area contributed by atoms with E-state index in [2.05, 4.69) is 0 Å². The molecule has 0 amide bonds. The van der Waals surface area contributed by atoms with Crippen molar-refractivity contribution in [2.24, 2.45) is 0 Å². The molecule has 0 unspecified atom stereocenters. The van der Waals surface area contributed by atoms with E-state index in [1.165, 1.54) is 6.26 Å². The molecule has 0 spiro atoms. The van der Waals surface area contributed by atoms with Crippen molar-refractivity contribution in [1.29, 1.82) is 0 Å². The number of hydrogen-bond acceptors (Lipinski definition) is 3. The molecule has 0 heterocycles. The molecule has 0 radical (unpaired) electrons. The lowest BCUT2D eigenvalue weighted by atomic mass is 10.2. The van der Waals surface area contributed by atoms with Gasteiger partial charge in [0.05, 0.1) is 10.6 Å². The van der Waals surface area contributed by atoms with Gasteiger partial charge >= 0.3 is 0 Å². The van der Waals surface area contributed by atoms with Crippen LogP contribution >= 0.6 is 22.4 Å². The summed E-state index contributed by atoms with van der Waals surface area (Å²) in [6.07, 6.45) is 1.37. The van der Waals surface area contributed by atoms with E-state index in [0.717, 1.165) is 0 Å². The van der Waals surface area contributed by atoms with Crippen LogP contribution in [0, 0.1) is 17.5 Å². The molecule has 0 aromatic heterocycles. The van der Waals surface area contributed by atoms with Crippen LogP contribution in [-0.4, -0.2) is 14.7 Å². The van der Waals surface area contributed by atoms with E-state index in [1.54, 1.807) is 0 Å². The van der Waals surface area contributed by atoms with Crippen LogP contribution in [0.1, 0.15) is 5.56 Å². The number of benzene rings is 1. The molecule has 1 aromatic rings. The fourth-order valence-electron chi connectivity index (χ4n) is 1.11. The van der Waals surface area contributed by atoms with E-state index in [4.69, 9.17) is 10.7 Å². The predicted molar refractivity (Wildman–Crippen MR) is 56.6 cm³/mol. The van der Waals surface area contributed by atoms with Crippen molar-refractivity contribution < 1.29 is 21.6 Å². The van der Waals surface area contributed by atoms with E-state index in [-0.39, 0.29) is 0 Å². The SMILES string of the molecule is CSc1c(F)cc(CS(=O)(=O)Cl)c(F)c1F. The van der Waals surface area contributed by atoms with E-state index in [0.29, 0.717) is 17.8 Å². The second-order valence-electron chi connectivity index (χ2n) is 2.86. The van der Waals surface area contributed by atoms with Crippen molar-refractivity contribution in [3.8, 4) is 0 Å². The number of rotatable bonds is 3. The largest absolute Gasteiger partial charge is 0.236 e. The molecule has 0 N–H and O–H groups in total. The Morgan fingerprint density at radius 2 is 1.88 bits per heavy atom. The van der Waals surface area contributed by atoms with Crippen LogP contribution in [0.4, 0.5) is 13.2 Å². The zero-order chi connectivity index (χ0) is 12.5. The maximum atomic E-state index is 13.3. The molecule has 1 aromatic carbocycles. The number of hydrogen-bond donors (Lipinski definition) is 0. The first-order valence-corrected chi connectivity index (χ1v) is 7.59. The zero-order valence-electron chi connectivity index (χ0n) is 7.93. The first-order valence-electron chi connectivity index (χ1n) is 3.89. The Bertz CT molecular complexity index is 517. The maximum absolute atomic E-state index is 13.3. The van der Waals surface area contributed by atoms with Gasteiger partial charge in [0.15, 0.2) is 11.6 Å². The Balaban J connectivity index is 3.34. The quantitative estimate of drug-likeness (QED) is 0.488. The lowest BCUT2D eigenvalue weighted by Crippen LogP contribution is -2.03. The molecule has 0 atom stereocenters. The molecule has 90 valence electrons. The Morgan fingerprint density at radius 3 is 2.31 bits per heavy atom. The monoisotopic (exact) mass is 290 g/mol. The summed E-state index contributed by atoms with van der Waals surface area (Å²) in [5, 5.41) is 0. The average Bonchev–Trinajstić information content (AvgIpc) is 2.12. The van der Waals surface area contributed by atoms with E-state index in [9.17, 15) is 21.6 Å². The van der Waals surface area contributed by atoms with Crippen molar-refractivity contribution in [3.05, 3.63) is 29.1 Å². The highest BCUT2D eigenvalue weighted by atomic mass is 35.7. The molecule has 0 saturated heterocycles. The van der Waals surface area contributed by atoms with Gasteiger partial charge in [0, 0.05) is 16.2 Å². The van der Waals surface area contributed by atoms with Gasteiger partial charge in [-0.15, -0.1) is 11.8 Å². The normalized spacial score (nSPS) is 11.8. The minimum absolute atomic E-state index is 0.492. The number of thioether (sulfide) groups is 1. The van der Waals surface area contributed by atoms with Crippen LogP contribution < -0.4 is 0 Å². The molecule has 0 saturated carbocycles. The van der Waals surface area contributed by atoms with Crippen molar-refractivity contribution in [3.63, 3.8) is 0 Å². The molecular formula is C8H6ClF3O2S2. The molecule has 8 heteroatoms. The second-order valence-corrected chi connectivity index (χ2v) is 6.46. The molecule has 0 aliphatic heterocycles. The fraction of sp³-hybridized carbons (Fsp3) is 0.250. The summed E-state index contributed by atoms with van der Waals surface area (Å²) < 4.78 is 61.1. The summed E-state index contributed by atoms with van der Waals surface area (Å²) in [6, 6.07) is 0.629. The fourth-order valence-corrected chi connectivity index (χ4v) is 2.56. The minimum atomic E-state index is -4.06. The number of halogens is 4. The highest BCUT2D eigenvalue weighted by molar-refractivity contribution is 8.13. The van der Waals surface area contributed by atoms with Gasteiger partial charge < -0.3 is 0 Å². The molecule has 0 aliphatic rings. The van der Waals surface area contributed by atoms with Gasteiger partial charge in [-0.1, -0.05) is 0 Å². The Kier molecular flexibility index (Phi) is 4.14. The van der Waals surface area contributed by atoms with Gasteiger partial charge in [-0.05, 0) is 12.3 Å². The van der Waals surface area contributed by atoms with Crippen LogP contribution in [0.5, 0.6) is 0 Å². The van der Waals surface area contributed by atoms with Crippen molar-refractivity contribution in [2.45, 2.75) is 10.6 Å². The molecule has 2 nitrogen and oxygen atoms in total. The third-order valence-electron chi connectivity index (χ3n) is 1.72. The Labute approximate surface area is 99.2 Å². The highest BCUT2D eigenvalue weighted by Crippen LogP contribution is 2.28. The molecule has 0 fully saturated rings. The first-order chi connectivity index (χ1) is 7.26. The minimum Gasteiger partial charge on any atom is -0.212 e. The molecule has 1 rings (SSSR count). The van der Waals surface area contributed by atoms with Gasteiger partial charge in [-0.25, -0.2) is 21.6 Å². The highest BCUT2D eigenvalue weighted by Gasteiger charge is 2.21. The lowest BCUT2D eigenvalue weighted by molar-refractivity contribution is 0.461. The standard InChI is InChI=1S/C8H6ClF3O2S2/c1-15-8-5(10)2-4(3-16(9,13)14)6(11)7(8)12/h2H,3H2,1H3. The summed E-state index contributed by atoms with van der Waals surface area (Å²) in [6.45, 7) is 0. The predicted octanol–water partition coefficient (Wildman–Crippen LogP) is 2.89. The summed E-state index contributed by atoms with van der Waals surface area (Å²) in [5.74, 6) is -4.76. The summed E-state index contributed by atoms with van der Waals surface area (Å²) in [4.78, 5) is -0.492. The Morgan fingerprint density at radius 1 is 1.31 bits per heavy atom. The smallest absolute Gasteiger partial charge is 0.212 e. The van der Waals surface area contributed by atoms with Crippen molar-refractivity contribution in [1.82, 2.24) is 0 Å². The second kappa shape index (κ2) is 4.85. The van der Waals surface area contributed by atoms with Crippen LogP contribution in [0.15, 0.2) is 11.0 Å². The van der Waals surface area contributed by atoms with Gasteiger partial charge in [0.25, 0.3) is 0 Å². The third kappa shape index (κ3) is 3.05. The van der Waals surface area contributed by atoms with E-state index in [1.807, 2.05) is 0 Å². The molecule has 16 heavy (non-hydrogen) atoms. The Hall–Kier alpha value is -0.400. The van der Waals surface area contributed by atoms with Crippen LogP contribution in [0.3, 0.4) is 0 Å². The van der Waals surface area contributed by atoms with Crippen molar-refractivity contribution in [2.75, 3.05) is 6.26 Å². The summed E-state index contributed by atoms with van der Waals surface area (Å²) in [5.41, 5.74) is -0.622. The summed E-state index contributed by atoms with van der Waals surface area (Å²) in [7, 11) is 0.813. The molecular weight excluding hydrogens is 285 g/mol. The van der Waals surface area contributed by atoms with Gasteiger partial charge in [0.1, 0.15) is 5.82 Å².